The van der Waals surface area contributed by atoms with Gasteiger partial charge in [0.2, 0.25) is 5.91 Å². The number of nitrogens with two attached hydrogens (primary N) is 1. The predicted molar refractivity (Wildman–Crippen MR) is 113 cm³/mol. The third-order valence-electron chi connectivity index (χ3n) is 6.04. The minimum Gasteiger partial charge on any atom is -0.378 e. The maximum Gasteiger partial charge on any atom is 0.241 e. The molecule has 6 nitrogen and oxygen atoms in total. The first-order valence-corrected chi connectivity index (χ1v) is 9.26. The Bertz CT molecular complexity index is 609. The smallest absolute Gasteiger partial charge is 0.241 e. The second-order valence-corrected chi connectivity index (χ2v) is 7.76. The predicted octanol–water partition coefficient (Wildman–Crippen LogP) is 2.54. The second kappa shape index (κ2) is 9.41. The van der Waals surface area contributed by atoms with Gasteiger partial charge in [0.15, 0.2) is 0 Å². The topological polar surface area (TPSA) is 80.5 Å². The van der Waals surface area contributed by atoms with Crippen LogP contribution in [0.1, 0.15) is 40.0 Å². The lowest BCUT2D eigenvalue weighted by molar-refractivity contribution is -0.171. The van der Waals surface area contributed by atoms with Gasteiger partial charge in [-0.15, -0.1) is 24.8 Å². The molecule has 154 valence electrons. The monoisotopic (exact) mass is 418 g/mol. The molecule has 0 radical (unpaired) electrons. The SMILES string of the molecule is CCOC1CC(N)(C(=O)NC2CCN(c3ccccn3)CC2)C1(C)C.Cl.Cl. The summed E-state index contributed by atoms with van der Waals surface area (Å²) in [6.07, 6.45) is 4.28. The Morgan fingerprint density at radius 1 is 1.33 bits per heavy atom. The molecule has 2 aliphatic rings. The van der Waals surface area contributed by atoms with Crippen molar-refractivity contribution in [3.05, 3.63) is 24.4 Å². The van der Waals surface area contributed by atoms with Crippen molar-refractivity contribution in [2.45, 2.75) is 57.7 Å². The van der Waals surface area contributed by atoms with Gasteiger partial charge < -0.3 is 20.7 Å². The number of nitrogens with zero attached hydrogens (tertiary/aromatic N) is 2. The van der Waals surface area contributed by atoms with Crippen molar-refractivity contribution in [2.24, 2.45) is 11.1 Å². The molecule has 1 saturated heterocycles. The van der Waals surface area contributed by atoms with E-state index in [0.29, 0.717) is 13.0 Å². The van der Waals surface area contributed by atoms with Gasteiger partial charge >= 0.3 is 0 Å². The number of piperidine rings is 1. The van der Waals surface area contributed by atoms with Gasteiger partial charge in [0.1, 0.15) is 11.4 Å². The number of carbonyl (C=O) groups is 1. The van der Waals surface area contributed by atoms with Crippen molar-refractivity contribution in [3.63, 3.8) is 0 Å². The molecule has 0 aromatic carbocycles. The maximum atomic E-state index is 12.8. The van der Waals surface area contributed by atoms with Gasteiger partial charge in [0, 0.05) is 43.8 Å². The van der Waals surface area contributed by atoms with Crippen molar-refractivity contribution in [1.29, 1.82) is 0 Å². The summed E-state index contributed by atoms with van der Waals surface area (Å²) < 4.78 is 5.72. The summed E-state index contributed by atoms with van der Waals surface area (Å²) >= 11 is 0. The average molecular weight is 419 g/mol. The molecular formula is C19H32Cl2N4O2. The number of pyridine rings is 1. The van der Waals surface area contributed by atoms with E-state index in [1.807, 2.05) is 45.2 Å². The minimum absolute atomic E-state index is 0. The van der Waals surface area contributed by atoms with Gasteiger partial charge in [0.05, 0.1) is 6.10 Å². The van der Waals surface area contributed by atoms with Crippen LogP contribution in [0.3, 0.4) is 0 Å². The Morgan fingerprint density at radius 2 is 2.00 bits per heavy atom. The first-order chi connectivity index (χ1) is 11.9. The molecule has 2 heterocycles. The van der Waals surface area contributed by atoms with E-state index in [1.54, 1.807) is 0 Å². The number of rotatable bonds is 5. The first kappa shape index (κ1) is 24.0. The zero-order valence-corrected chi connectivity index (χ0v) is 17.9. The molecule has 2 fully saturated rings. The van der Waals surface area contributed by atoms with Crippen LogP contribution in [0.5, 0.6) is 0 Å². The van der Waals surface area contributed by atoms with Gasteiger partial charge in [-0.3, -0.25) is 4.79 Å². The minimum atomic E-state index is -0.842. The van der Waals surface area contributed by atoms with Crippen LogP contribution in [0, 0.1) is 5.41 Å². The molecule has 2 unspecified atom stereocenters. The zero-order chi connectivity index (χ0) is 18.1. The van der Waals surface area contributed by atoms with Crippen molar-refractivity contribution in [2.75, 3.05) is 24.6 Å². The van der Waals surface area contributed by atoms with Crippen LogP contribution in [0.15, 0.2) is 24.4 Å². The van der Waals surface area contributed by atoms with Crippen molar-refractivity contribution in [3.8, 4) is 0 Å². The Kier molecular flexibility index (Phi) is 8.35. The number of hydrogen-bond donors (Lipinski definition) is 2. The van der Waals surface area contributed by atoms with Crippen LogP contribution in [0.25, 0.3) is 0 Å². The van der Waals surface area contributed by atoms with E-state index in [1.165, 1.54) is 0 Å². The van der Waals surface area contributed by atoms with E-state index in [0.717, 1.165) is 31.7 Å². The number of halogens is 2. The summed E-state index contributed by atoms with van der Waals surface area (Å²) in [5.74, 6) is 0.965. The van der Waals surface area contributed by atoms with Crippen LogP contribution in [0.2, 0.25) is 0 Å². The van der Waals surface area contributed by atoms with Gasteiger partial charge in [0.25, 0.3) is 0 Å². The number of anilines is 1. The highest BCUT2D eigenvalue weighted by Crippen LogP contribution is 2.49. The van der Waals surface area contributed by atoms with Gasteiger partial charge in [-0.2, -0.15) is 0 Å². The van der Waals surface area contributed by atoms with Crippen LogP contribution < -0.4 is 16.0 Å². The summed E-state index contributed by atoms with van der Waals surface area (Å²) in [5, 5.41) is 3.19. The fourth-order valence-corrected chi connectivity index (χ4v) is 3.93. The van der Waals surface area contributed by atoms with Crippen LogP contribution >= 0.6 is 24.8 Å². The van der Waals surface area contributed by atoms with Crippen molar-refractivity contribution in [1.82, 2.24) is 10.3 Å². The molecule has 1 aliphatic carbocycles. The highest BCUT2D eigenvalue weighted by Gasteiger charge is 2.63. The van der Waals surface area contributed by atoms with Gasteiger partial charge in [-0.1, -0.05) is 19.9 Å². The molecule has 3 N–H and O–H groups in total. The van der Waals surface area contributed by atoms with E-state index < -0.39 is 5.54 Å². The van der Waals surface area contributed by atoms with E-state index in [2.05, 4.69) is 15.2 Å². The van der Waals surface area contributed by atoms with E-state index in [-0.39, 0.29) is 48.3 Å². The maximum absolute atomic E-state index is 12.8. The number of aromatic nitrogens is 1. The average Bonchev–Trinajstić information content (AvgIpc) is 2.62. The Hall–Kier alpha value is -1.08. The number of hydrogen-bond acceptors (Lipinski definition) is 5. The van der Waals surface area contributed by atoms with Crippen LogP contribution in [-0.4, -0.2) is 48.3 Å². The molecule has 8 heteroatoms. The molecular weight excluding hydrogens is 387 g/mol. The lowest BCUT2D eigenvalue weighted by Crippen LogP contribution is -2.76. The Morgan fingerprint density at radius 3 is 2.52 bits per heavy atom. The molecule has 2 atom stereocenters. The molecule has 27 heavy (non-hydrogen) atoms. The molecule has 1 amide bonds. The largest absolute Gasteiger partial charge is 0.378 e. The van der Waals surface area contributed by atoms with Crippen LogP contribution in [0.4, 0.5) is 5.82 Å². The number of ether oxygens (including phenoxy) is 1. The zero-order valence-electron chi connectivity index (χ0n) is 16.3. The number of nitrogens with one attached hydrogen (secondary N) is 1. The van der Waals surface area contributed by atoms with E-state index >= 15 is 0 Å². The molecule has 1 aromatic heterocycles. The first-order valence-electron chi connectivity index (χ1n) is 9.26. The molecule has 0 spiro atoms. The summed E-state index contributed by atoms with van der Waals surface area (Å²) in [6, 6.07) is 6.13. The Balaban J connectivity index is 0.00000182. The third kappa shape index (κ3) is 4.50. The highest BCUT2D eigenvalue weighted by molar-refractivity contribution is 5.89. The fourth-order valence-electron chi connectivity index (χ4n) is 3.93. The quantitative estimate of drug-likeness (QED) is 0.767. The molecule has 1 aliphatic heterocycles. The van der Waals surface area contributed by atoms with E-state index in [4.69, 9.17) is 10.5 Å². The normalized spacial score (nSPS) is 27.0. The highest BCUT2D eigenvalue weighted by atomic mass is 35.5. The molecule has 0 bridgehead atoms. The standard InChI is InChI=1S/C19H30N4O2.2ClH/c1-4-25-15-13-19(20,18(15,2)3)17(24)22-14-8-11-23(12-9-14)16-7-5-6-10-21-16;;/h5-7,10,14-15H,4,8-9,11-13,20H2,1-3H3,(H,22,24);2*1H. The number of carbonyl (C=O) groups excluding carboxylic acids is 1. The summed E-state index contributed by atoms with van der Waals surface area (Å²) in [4.78, 5) is 19.5. The van der Waals surface area contributed by atoms with Gasteiger partial charge in [-0.25, -0.2) is 4.98 Å². The van der Waals surface area contributed by atoms with Crippen molar-refractivity contribution >= 4 is 36.5 Å². The second-order valence-electron chi connectivity index (χ2n) is 7.76. The Labute approximate surface area is 174 Å². The molecule has 1 aromatic rings. The summed E-state index contributed by atoms with van der Waals surface area (Å²) in [7, 11) is 0. The van der Waals surface area contributed by atoms with Gasteiger partial charge in [-0.05, 0) is 31.9 Å². The summed E-state index contributed by atoms with van der Waals surface area (Å²) in [5.41, 5.74) is 5.28. The summed E-state index contributed by atoms with van der Waals surface area (Å²) in [6.45, 7) is 8.47. The molecule has 1 saturated carbocycles. The lowest BCUT2D eigenvalue weighted by Gasteiger charge is -2.57. The molecule has 3 rings (SSSR count). The van der Waals surface area contributed by atoms with E-state index in [9.17, 15) is 4.79 Å². The van der Waals surface area contributed by atoms with Crippen LogP contribution in [-0.2, 0) is 9.53 Å². The van der Waals surface area contributed by atoms with Crippen molar-refractivity contribution < 1.29 is 9.53 Å². The third-order valence-corrected chi connectivity index (χ3v) is 6.04. The lowest BCUT2D eigenvalue weighted by atomic mass is 9.54. The number of amides is 1. The fraction of sp³-hybridized carbons (Fsp3) is 0.684.